The Labute approximate surface area is 69.5 Å². The van der Waals surface area contributed by atoms with Gasteiger partial charge in [-0.15, -0.1) is 0 Å². The third-order valence-electron chi connectivity index (χ3n) is 1.49. The molecule has 4 heteroatoms. The van der Waals surface area contributed by atoms with Gasteiger partial charge >= 0.3 is 0 Å². The molecule has 0 saturated carbocycles. The number of hydrogen-bond acceptors (Lipinski definition) is 4. The molecule has 0 fully saturated rings. The molecule has 0 aromatic heterocycles. The van der Waals surface area contributed by atoms with Crippen molar-refractivity contribution >= 4 is 6.29 Å². The predicted octanol–water partition coefficient (Wildman–Crippen LogP) is 0.595. The maximum absolute atomic E-state index is 10.4. The molecule has 0 radical (unpaired) electrons. The molecule has 0 amide bonds. The molecule has 0 saturated heterocycles. The number of benzene rings is 1. The molecule has 1 rings (SSSR count). The van der Waals surface area contributed by atoms with Crippen LogP contribution in [0, 0.1) is 0 Å². The zero-order valence-corrected chi connectivity index (χ0v) is 6.36. The van der Waals surface area contributed by atoms with Crippen LogP contribution < -0.4 is 5.90 Å². The molecule has 0 unspecified atom stereocenters. The first kappa shape index (κ1) is 8.70. The van der Waals surface area contributed by atoms with Crippen LogP contribution >= 0.6 is 0 Å². The van der Waals surface area contributed by atoms with E-state index in [9.17, 15) is 4.79 Å². The largest absolute Gasteiger partial charge is 0.508 e. The lowest BCUT2D eigenvalue weighted by Gasteiger charge is -2.02. The number of hydrogen-bond donors (Lipinski definition) is 2. The van der Waals surface area contributed by atoms with Gasteiger partial charge in [-0.2, -0.15) is 0 Å². The first-order valence-electron chi connectivity index (χ1n) is 3.36. The lowest BCUT2D eigenvalue weighted by molar-refractivity contribution is 0.110. The van der Waals surface area contributed by atoms with Crippen molar-refractivity contribution in [2.75, 3.05) is 0 Å². The standard InChI is InChI=1S/C8H9NO3/c9-12-5-7-3-8(11)2-1-6(7)4-10/h1-4,11H,5,9H2. The summed E-state index contributed by atoms with van der Waals surface area (Å²) in [5.41, 5.74) is 1.05. The van der Waals surface area contributed by atoms with Gasteiger partial charge in [0.25, 0.3) is 0 Å². The Balaban J connectivity index is 3.03. The molecular weight excluding hydrogens is 158 g/mol. The molecule has 0 aliphatic carbocycles. The van der Waals surface area contributed by atoms with Crippen molar-refractivity contribution in [3.05, 3.63) is 29.3 Å². The van der Waals surface area contributed by atoms with Crippen LogP contribution in [0.3, 0.4) is 0 Å². The van der Waals surface area contributed by atoms with Crippen molar-refractivity contribution in [1.82, 2.24) is 0 Å². The summed E-state index contributed by atoms with van der Waals surface area (Å²) in [4.78, 5) is 14.8. The van der Waals surface area contributed by atoms with E-state index in [4.69, 9.17) is 11.0 Å². The van der Waals surface area contributed by atoms with Crippen LogP contribution in [0.2, 0.25) is 0 Å². The SMILES string of the molecule is NOCc1cc(O)ccc1C=O. The summed E-state index contributed by atoms with van der Waals surface area (Å²) >= 11 is 0. The summed E-state index contributed by atoms with van der Waals surface area (Å²) in [7, 11) is 0. The van der Waals surface area contributed by atoms with Crippen LogP contribution in [0.4, 0.5) is 0 Å². The molecule has 4 nitrogen and oxygen atoms in total. The van der Waals surface area contributed by atoms with Gasteiger partial charge in [0.05, 0.1) is 6.61 Å². The van der Waals surface area contributed by atoms with E-state index in [2.05, 4.69) is 4.84 Å². The van der Waals surface area contributed by atoms with Crippen molar-refractivity contribution in [1.29, 1.82) is 0 Å². The van der Waals surface area contributed by atoms with Crippen LogP contribution in [0.25, 0.3) is 0 Å². The quantitative estimate of drug-likeness (QED) is 0.510. The number of phenolic OH excluding ortho intramolecular Hbond substituents is 1. The monoisotopic (exact) mass is 167 g/mol. The van der Waals surface area contributed by atoms with Crippen molar-refractivity contribution in [3.8, 4) is 5.75 Å². The number of carbonyl (C=O) groups excluding carboxylic acids is 1. The molecule has 64 valence electrons. The van der Waals surface area contributed by atoms with Crippen LogP contribution in [0.5, 0.6) is 5.75 Å². The van der Waals surface area contributed by atoms with E-state index in [-0.39, 0.29) is 12.4 Å². The molecule has 0 atom stereocenters. The van der Waals surface area contributed by atoms with E-state index < -0.39 is 0 Å². The van der Waals surface area contributed by atoms with E-state index in [0.29, 0.717) is 17.4 Å². The first-order chi connectivity index (χ1) is 5.77. The Kier molecular flexibility index (Phi) is 2.79. The first-order valence-corrected chi connectivity index (χ1v) is 3.36. The molecule has 0 heterocycles. The number of nitrogens with two attached hydrogens (primary N) is 1. The van der Waals surface area contributed by atoms with Gasteiger partial charge in [-0.1, -0.05) is 0 Å². The second-order valence-electron chi connectivity index (χ2n) is 2.31. The molecule has 3 N–H and O–H groups in total. The molecular formula is C8H9NO3. The zero-order chi connectivity index (χ0) is 8.97. The minimum absolute atomic E-state index is 0.0904. The summed E-state index contributed by atoms with van der Waals surface area (Å²) in [6, 6.07) is 4.39. The molecule has 0 spiro atoms. The average molecular weight is 167 g/mol. The second-order valence-corrected chi connectivity index (χ2v) is 2.31. The highest BCUT2D eigenvalue weighted by atomic mass is 16.6. The summed E-state index contributed by atoms with van der Waals surface area (Å²) in [5, 5.41) is 9.05. The van der Waals surface area contributed by atoms with E-state index >= 15 is 0 Å². The summed E-state index contributed by atoms with van der Waals surface area (Å²) in [6.45, 7) is 0.114. The van der Waals surface area contributed by atoms with Crippen molar-refractivity contribution in [3.63, 3.8) is 0 Å². The van der Waals surface area contributed by atoms with Crippen molar-refractivity contribution < 1.29 is 14.7 Å². The van der Waals surface area contributed by atoms with Gasteiger partial charge in [0.2, 0.25) is 0 Å². The number of aldehydes is 1. The fourth-order valence-corrected chi connectivity index (χ4v) is 0.922. The number of rotatable bonds is 3. The summed E-state index contributed by atoms with van der Waals surface area (Å²) in [6.07, 6.45) is 0.688. The van der Waals surface area contributed by atoms with Gasteiger partial charge in [0.15, 0.2) is 0 Å². The van der Waals surface area contributed by atoms with Gasteiger partial charge in [0, 0.05) is 5.56 Å². The Morgan fingerprint density at radius 2 is 2.33 bits per heavy atom. The smallest absolute Gasteiger partial charge is 0.150 e. The maximum Gasteiger partial charge on any atom is 0.150 e. The average Bonchev–Trinajstić information content (AvgIpc) is 2.05. The molecule has 12 heavy (non-hydrogen) atoms. The molecule has 1 aromatic carbocycles. The van der Waals surface area contributed by atoms with Gasteiger partial charge in [-0.3, -0.25) is 9.63 Å². The Bertz CT molecular complexity index is 286. The highest BCUT2D eigenvalue weighted by molar-refractivity contribution is 5.77. The molecule has 0 aliphatic heterocycles. The van der Waals surface area contributed by atoms with Crippen LogP contribution in [-0.4, -0.2) is 11.4 Å². The van der Waals surface area contributed by atoms with Gasteiger partial charge in [-0.05, 0) is 23.8 Å². The Hall–Kier alpha value is -1.39. The zero-order valence-electron chi connectivity index (χ0n) is 6.36. The Morgan fingerprint density at radius 1 is 1.58 bits per heavy atom. The second kappa shape index (κ2) is 3.85. The van der Waals surface area contributed by atoms with E-state index in [1.165, 1.54) is 18.2 Å². The third-order valence-corrected chi connectivity index (χ3v) is 1.49. The molecule has 1 aromatic rings. The van der Waals surface area contributed by atoms with Crippen LogP contribution in [0.1, 0.15) is 15.9 Å². The minimum atomic E-state index is 0.0904. The summed E-state index contributed by atoms with van der Waals surface area (Å²) < 4.78 is 0. The lowest BCUT2D eigenvalue weighted by Crippen LogP contribution is -2.01. The van der Waals surface area contributed by atoms with Crippen LogP contribution in [0.15, 0.2) is 18.2 Å². The van der Waals surface area contributed by atoms with E-state index in [0.717, 1.165) is 0 Å². The van der Waals surface area contributed by atoms with Gasteiger partial charge < -0.3 is 5.11 Å². The fourth-order valence-electron chi connectivity index (χ4n) is 0.922. The van der Waals surface area contributed by atoms with E-state index in [1.54, 1.807) is 0 Å². The lowest BCUT2D eigenvalue weighted by atomic mass is 10.1. The summed E-state index contributed by atoms with van der Waals surface area (Å²) in [5.74, 6) is 4.93. The fraction of sp³-hybridized carbons (Fsp3) is 0.125. The maximum atomic E-state index is 10.4. The van der Waals surface area contributed by atoms with Crippen molar-refractivity contribution in [2.45, 2.75) is 6.61 Å². The van der Waals surface area contributed by atoms with Crippen molar-refractivity contribution in [2.24, 2.45) is 5.90 Å². The number of aromatic hydroxyl groups is 1. The number of carbonyl (C=O) groups is 1. The highest BCUT2D eigenvalue weighted by Crippen LogP contribution is 2.15. The van der Waals surface area contributed by atoms with Crippen LogP contribution in [-0.2, 0) is 11.4 Å². The van der Waals surface area contributed by atoms with Gasteiger partial charge in [-0.25, -0.2) is 5.90 Å². The highest BCUT2D eigenvalue weighted by Gasteiger charge is 2.01. The van der Waals surface area contributed by atoms with E-state index in [1.807, 2.05) is 0 Å². The minimum Gasteiger partial charge on any atom is -0.508 e. The predicted molar refractivity (Wildman–Crippen MR) is 42.5 cm³/mol. The number of phenols is 1. The molecule has 0 bridgehead atoms. The molecule has 0 aliphatic rings. The Morgan fingerprint density at radius 3 is 2.92 bits per heavy atom. The normalized spacial score (nSPS) is 9.75. The van der Waals surface area contributed by atoms with Gasteiger partial charge in [0.1, 0.15) is 12.0 Å². The topological polar surface area (TPSA) is 72.6 Å². The third kappa shape index (κ3) is 1.81.